The van der Waals surface area contributed by atoms with Crippen LogP contribution in [0.25, 0.3) is 78.0 Å². The molecule has 64 heavy (non-hydrogen) atoms. The fourth-order valence-electron chi connectivity index (χ4n) is 10.6. The highest BCUT2D eigenvalue weighted by atomic mass is 15.2. The summed E-state index contributed by atoms with van der Waals surface area (Å²) in [6, 6.07) is 82.6. The number of benzene rings is 9. The topological polar surface area (TPSA) is 41.9 Å². The van der Waals surface area contributed by atoms with Crippen molar-refractivity contribution in [3.63, 3.8) is 0 Å². The normalized spacial score (nSPS) is 13.1. The lowest BCUT2D eigenvalue weighted by atomic mass is 9.64. The van der Waals surface area contributed by atoms with E-state index in [1.165, 1.54) is 50.1 Å². The van der Waals surface area contributed by atoms with Crippen LogP contribution in [0.1, 0.15) is 22.3 Å². The molecule has 0 amide bonds. The minimum Gasteiger partial charge on any atom is -0.310 e. The number of pyridine rings is 1. The van der Waals surface area contributed by atoms with Crippen molar-refractivity contribution in [1.29, 1.82) is 0 Å². The Hall–Kier alpha value is -8.47. The maximum absolute atomic E-state index is 5.45. The number of aromatic nitrogens is 3. The molecule has 13 rings (SSSR count). The van der Waals surface area contributed by atoms with Crippen LogP contribution >= 0.6 is 0 Å². The van der Waals surface area contributed by atoms with E-state index in [9.17, 15) is 0 Å². The number of hydrogen-bond donors (Lipinski definition) is 0. The highest BCUT2D eigenvalue weighted by Crippen LogP contribution is 2.64. The van der Waals surface area contributed by atoms with Gasteiger partial charge in [-0.05, 0) is 69.8 Å². The highest BCUT2D eigenvalue weighted by Gasteiger charge is 2.52. The smallest absolute Gasteiger partial charge is 0.160 e. The summed E-state index contributed by atoms with van der Waals surface area (Å²) in [6.07, 6.45) is 0. The van der Waals surface area contributed by atoms with E-state index < -0.39 is 5.41 Å². The Labute approximate surface area is 371 Å². The third-order valence-electron chi connectivity index (χ3n) is 13.3. The minimum absolute atomic E-state index is 0.556. The number of fused-ring (bicyclic) bond motifs is 13. The summed E-state index contributed by atoms with van der Waals surface area (Å²) >= 11 is 0. The van der Waals surface area contributed by atoms with Crippen LogP contribution in [0.5, 0.6) is 0 Å². The standard InChI is InChI=1S/C60H38N4/c1-4-18-39(19-5-1)52-38-53(63-59(62-52)42-20-6-2-7-21-42)40-32-34-41(35-33-40)58-46-36-37-50-57(56(46)45-25-11-15-29-51(45)61-58)44-24-10-12-26-47(44)60(50)48-27-13-16-30-54(48)64(43-22-8-3-9-23-43)55-31-17-14-28-49(55)60/h1-38H. The second-order valence-electron chi connectivity index (χ2n) is 16.7. The van der Waals surface area contributed by atoms with E-state index >= 15 is 0 Å². The summed E-state index contributed by atoms with van der Waals surface area (Å²) in [6.45, 7) is 0. The van der Waals surface area contributed by atoms with Crippen molar-refractivity contribution < 1.29 is 0 Å². The van der Waals surface area contributed by atoms with E-state index in [0.29, 0.717) is 5.82 Å². The van der Waals surface area contributed by atoms with Crippen molar-refractivity contribution >= 4 is 38.7 Å². The predicted octanol–water partition coefficient (Wildman–Crippen LogP) is 15.0. The van der Waals surface area contributed by atoms with Crippen molar-refractivity contribution in [3.8, 4) is 56.3 Å². The molecule has 298 valence electrons. The Morgan fingerprint density at radius 1 is 0.359 bits per heavy atom. The highest BCUT2D eigenvalue weighted by molar-refractivity contribution is 6.20. The molecule has 0 fully saturated rings. The molecule has 4 nitrogen and oxygen atoms in total. The molecule has 1 aliphatic heterocycles. The Bertz CT molecular complexity index is 3500. The average molecular weight is 815 g/mol. The summed E-state index contributed by atoms with van der Waals surface area (Å²) in [5, 5.41) is 3.50. The van der Waals surface area contributed by atoms with E-state index in [4.69, 9.17) is 15.0 Å². The van der Waals surface area contributed by atoms with Crippen LogP contribution in [0, 0.1) is 0 Å². The van der Waals surface area contributed by atoms with Crippen LogP contribution in [-0.4, -0.2) is 15.0 Å². The molecule has 0 bridgehead atoms. The third kappa shape index (κ3) is 5.33. The number of para-hydroxylation sites is 4. The van der Waals surface area contributed by atoms with Crippen LogP contribution in [0.2, 0.25) is 0 Å². The summed E-state index contributed by atoms with van der Waals surface area (Å²) in [4.78, 5) is 18.0. The van der Waals surface area contributed by atoms with Crippen LogP contribution in [0.3, 0.4) is 0 Å². The van der Waals surface area contributed by atoms with Gasteiger partial charge in [-0.2, -0.15) is 0 Å². The number of hydrogen-bond acceptors (Lipinski definition) is 4. The minimum atomic E-state index is -0.556. The van der Waals surface area contributed by atoms with E-state index in [0.717, 1.165) is 61.3 Å². The van der Waals surface area contributed by atoms with E-state index in [2.05, 4.69) is 211 Å². The molecule has 0 saturated carbocycles. The molecule has 0 saturated heterocycles. The van der Waals surface area contributed by atoms with Crippen LogP contribution < -0.4 is 4.90 Å². The number of rotatable bonds is 5. The second kappa shape index (κ2) is 14.3. The molecule has 3 heterocycles. The van der Waals surface area contributed by atoms with Gasteiger partial charge in [-0.15, -0.1) is 0 Å². The van der Waals surface area contributed by atoms with Crippen molar-refractivity contribution in [2.24, 2.45) is 0 Å². The average Bonchev–Trinajstić information content (AvgIpc) is 3.67. The van der Waals surface area contributed by atoms with Crippen molar-refractivity contribution in [1.82, 2.24) is 15.0 Å². The van der Waals surface area contributed by atoms with E-state index in [1.54, 1.807) is 0 Å². The zero-order valence-corrected chi connectivity index (χ0v) is 34.7. The maximum Gasteiger partial charge on any atom is 0.160 e. The fourth-order valence-corrected chi connectivity index (χ4v) is 10.6. The zero-order chi connectivity index (χ0) is 42.2. The molecule has 2 aromatic heterocycles. The van der Waals surface area contributed by atoms with Gasteiger partial charge in [0.1, 0.15) is 0 Å². The molecule has 0 radical (unpaired) electrons. The molecule has 2 aliphatic rings. The van der Waals surface area contributed by atoms with Crippen molar-refractivity contribution in [3.05, 3.63) is 253 Å². The van der Waals surface area contributed by atoms with E-state index in [1.807, 2.05) is 24.3 Å². The first-order valence-electron chi connectivity index (χ1n) is 21.9. The van der Waals surface area contributed by atoms with Gasteiger partial charge in [-0.25, -0.2) is 15.0 Å². The molecule has 1 aliphatic carbocycles. The molecule has 9 aromatic carbocycles. The SMILES string of the molecule is c1ccc(-c2cc(-c3ccc(-c4nc5ccccc5c5c6c(ccc45)C4(c5ccccc5-6)c5ccccc5N(c5ccccc5)c5ccccc54)cc3)nc(-c3ccccc3)n2)cc1. The Morgan fingerprint density at radius 2 is 0.891 bits per heavy atom. The van der Waals surface area contributed by atoms with Gasteiger partial charge in [-0.3, -0.25) is 0 Å². The summed E-state index contributed by atoms with van der Waals surface area (Å²) < 4.78 is 0. The molecule has 0 atom stereocenters. The largest absolute Gasteiger partial charge is 0.310 e. The lowest BCUT2D eigenvalue weighted by molar-refractivity contribution is 0.753. The summed E-state index contributed by atoms with van der Waals surface area (Å²) in [7, 11) is 0. The van der Waals surface area contributed by atoms with Gasteiger partial charge in [0.15, 0.2) is 5.82 Å². The van der Waals surface area contributed by atoms with Crippen molar-refractivity contribution in [2.45, 2.75) is 5.41 Å². The first-order chi connectivity index (χ1) is 31.8. The maximum atomic E-state index is 5.45. The lowest BCUT2D eigenvalue weighted by Crippen LogP contribution is -2.36. The van der Waals surface area contributed by atoms with Crippen LogP contribution in [0.15, 0.2) is 231 Å². The van der Waals surface area contributed by atoms with Crippen molar-refractivity contribution in [2.75, 3.05) is 4.90 Å². The molecule has 0 unspecified atom stereocenters. The first-order valence-corrected chi connectivity index (χ1v) is 21.9. The van der Waals surface area contributed by atoms with Gasteiger partial charge in [0, 0.05) is 44.1 Å². The summed E-state index contributed by atoms with van der Waals surface area (Å²) in [5.41, 5.74) is 18.4. The van der Waals surface area contributed by atoms with Gasteiger partial charge in [0.25, 0.3) is 0 Å². The molecule has 0 N–H and O–H groups in total. The first kappa shape index (κ1) is 36.2. The van der Waals surface area contributed by atoms with Crippen LogP contribution in [0.4, 0.5) is 17.1 Å². The van der Waals surface area contributed by atoms with Gasteiger partial charge >= 0.3 is 0 Å². The van der Waals surface area contributed by atoms with E-state index in [-0.39, 0.29) is 0 Å². The lowest BCUT2D eigenvalue weighted by Gasteiger charge is -2.45. The predicted molar refractivity (Wildman–Crippen MR) is 262 cm³/mol. The van der Waals surface area contributed by atoms with Gasteiger partial charge in [0.05, 0.1) is 39.4 Å². The summed E-state index contributed by atoms with van der Waals surface area (Å²) in [5.74, 6) is 0.700. The van der Waals surface area contributed by atoms with Crippen LogP contribution in [-0.2, 0) is 5.41 Å². The molecule has 1 spiro atoms. The Morgan fingerprint density at radius 3 is 1.58 bits per heavy atom. The Kier molecular flexibility index (Phi) is 8.09. The molecular weight excluding hydrogens is 777 g/mol. The third-order valence-corrected chi connectivity index (χ3v) is 13.3. The van der Waals surface area contributed by atoms with Gasteiger partial charge < -0.3 is 4.90 Å². The zero-order valence-electron chi connectivity index (χ0n) is 34.7. The quantitative estimate of drug-likeness (QED) is 0.162. The monoisotopic (exact) mass is 814 g/mol. The fraction of sp³-hybridized carbons (Fsp3) is 0.0167. The Balaban J connectivity index is 1.03. The van der Waals surface area contributed by atoms with Gasteiger partial charge in [-0.1, -0.05) is 194 Å². The molecule has 11 aromatic rings. The number of nitrogens with zero attached hydrogens (tertiary/aromatic N) is 4. The van der Waals surface area contributed by atoms with Gasteiger partial charge in [0.2, 0.25) is 0 Å². The second-order valence-corrected chi connectivity index (χ2v) is 16.7. The molecular formula is C60H38N4. The molecule has 4 heteroatoms. The number of anilines is 3.